The fraction of sp³-hybridized carbons (Fsp3) is 0. The number of carbonyl (C=O) groups is 2. The number of fused-ring (bicyclic) bond motifs is 1. The third kappa shape index (κ3) is 2.34. The molecule has 0 saturated heterocycles. The Balaban J connectivity index is 2.01. The van der Waals surface area contributed by atoms with E-state index in [1.54, 1.807) is 12.3 Å². The zero-order valence-corrected chi connectivity index (χ0v) is 13.0. The molecule has 0 spiro atoms. The number of rotatable bonds is 2. The second-order valence-corrected chi connectivity index (χ2v) is 6.30. The average Bonchev–Trinajstić information content (AvgIpc) is 2.69. The van der Waals surface area contributed by atoms with Crippen molar-refractivity contribution in [2.75, 3.05) is 5.32 Å². The minimum Gasteiger partial charge on any atom is -0.318 e. The van der Waals surface area contributed by atoms with Gasteiger partial charge in [0.15, 0.2) is 0 Å². The Morgan fingerprint density at radius 1 is 1.30 bits per heavy atom. The van der Waals surface area contributed by atoms with Crippen molar-refractivity contribution in [1.82, 2.24) is 4.98 Å². The molecule has 2 aromatic rings. The molecule has 3 rings (SSSR count). The van der Waals surface area contributed by atoms with Gasteiger partial charge in [0, 0.05) is 11.1 Å². The number of Topliss-reactive ketones (excluding diaryl/α,β-unsaturated/α-hetero) is 1. The number of aromatic nitrogens is 1. The molecule has 1 aromatic heterocycles. The van der Waals surface area contributed by atoms with Crippen molar-refractivity contribution >= 4 is 56.7 Å². The number of anilines is 1. The maximum Gasteiger partial charge on any atom is 0.296 e. The Bertz CT molecular complexity index is 751. The molecule has 2 heterocycles. The molecule has 1 N–H and O–H groups in total. The molecule has 1 aliphatic rings. The van der Waals surface area contributed by atoms with Crippen LogP contribution in [0.25, 0.3) is 0 Å². The van der Waals surface area contributed by atoms with Crippen LogP contribution in [0.15, 0.2) is 44.9 Å². The van der Waals surface area contributed by atoms with Crippen LogP contribution in [-0.2, 0) is 4.79 Å². The Morgan fingerprint density at radius 2 is 2.10 bits per heavy atom. The van der Waals surface area contributed by atoms with Crippen LogP contribution in [0.3, 0.4) is 0 Å². The van der Waals surface area contributed by atoms with Gasteiger partial charge in [-0.25, -0.2) is 4.98 Å². The summed E-state index contributed by atoms with van der Waals surface area (Å²) in [6.07, 6.45) is 1.68. The number of carbonyl (C=O) groups excluding carboxylic acids is 2. The van der Waals surface area contributed by atoms with Gasteiger partial charge in [0.1, 0.15) is 5.03 Å². The van der Waals surface area contributed by atoms with Gasteiger partial charge in [0.25, 0.3) is 11.7 Å². The van der Waals surface area contributed by atoms with Gasteiger partial charge in [0.2, 0.25) is 0 Å². The van der Waals surface area contributed by atoms with Crippen LogP contribution in [0.1, 0.15) is 10.4 Å². The lowest BCUT2D eigenvalue weighted by Crippen LogP contribution is -2.12. The lowest BCUT2D eigenvalue weighted by Gasteiger charge is -2.07. The summed E-state index contributed by atoms with van der Waals surface area (Å²) in [7, 11) is 0. The van der Waals surface area contributed by atoms with E-state index in [4.69, 9.17) is 11.6 Å². The van der Waals surface area contributed by atoms with Crippen LogP contribution in [0.2, 0.25) is 5.02 Å². The maximum atomic E-state index is 11.6. The predicted molar refractivity (Wildman–Crippen MR) is 80.5 cm³/mol. The van der Waals surface area contributed by atoms with Gasteiger partial charge < -0.3 is 5.32 Å². The molecule has 0 atom stereocenters. The molecule has 0 bridgehead atoms. The van der Waals surface area contributed by atoms with Crippen molar-refractivity contribution in [2.24, 2.45) is 0 Å². The largest absolute Gasteiger partial charge is 0.318 e. The number of amides is 1. The zero-order chi connectivity index (χ0) is 14.3. The number of pyridine rings is 1. The van der Waals surface area contributed by atoms with Gasteiger partial charge in [-0.15, -0.1) is 0 Å². The number of hydrogen-bond acceptors (Lipinski definition) is 4. The van der Waals surface area contributed by atoms with E-state index in [2.05, 4.69) is 26.2 Å². The van der Waals surface area contributed by atoms with E-state index in [1.165, 1.54) is 17.8 Å². The first kappa shape index (κ1) is 13.6. The summed E-state index contributed by atoms with van der Waals surface area (Å²) in [5, 5.41) is 3.69. The van der Waals surface area contributed by atoms with Gasteiger partial charge in [0.05, 0.1) is 20.7 Å². The number of ketones is 1. The van der Waals surface area contributed by atoms with Crippen molar-refractivity contribution in [3.8, 4) is 0 Å². The predicted octanol–water partition coefficient (Wildman–Crippen LogP) is 3.78. The van der Waals surface area contributed by atoms with Crippen molar-refractivity contribution < 1.29 is 9.59 Å². The highest BCUT2D eigenvalue weighted by Gasteiger charge is 2.29. The van der Waals surface area contributed by atoms with Crippen molar-refractivity contribution in [2.45, 2.75) is 9.92 Å². The van der Waals surface area contributed by atoms with Gasteiger partial charge in [-0.2, -0.15) is 0 Å². The molecule has 100 valence electrons. The SMILES string of the molecule is O=C1Nc2cc(Sc3ncccc3Br)c(Cl)cc2C1=O. The Kier molecular flexibility index (Phi) is 3.54. The van der Waals surface area contributed by atoms with E-state index in [9.17, 15) is 9.59 Å². The lowest BCUT2D eigenvalue weighted by molar-refractivity contribution is -0.112. The van der Waals surface area contributed by atoms with Crippen molar-refractivity contribution in [3.63, 3.8) is 0 Å². The molecule has 20 heavy (non-hydrogen) atoms. The minimum atomic E-state index is -0.628. The Labute approximate surface area is 132 Å². The van der Waals surface area contributed by atoms with Crippen LogP contribution >= 0.6 is 39.3 Å². The molecule has 4 nitrogen and oxygen atoms in total. The summed E-state index contributed by atoms with van der Waals surface area (Å²) in [6, 6.07) is 6.89. The van der Waals surface area contributed by atoms with E-state index in [-0.39, 0.29) is 0 Å². The molecule has 0 unspecified atom stereocenters. The number of hydrogen-bond donors (Lipinski definition) is 1. The molecule has 7 heteroatoms. The van der Waals surface area contributed by atoms with Gasteiger partial charge in [-0.1, -0.05) is 23.4 Å². The average molecular weight is 370 g/mol. The van der Waals surface area contributed by atoms with Gasteiger partial charge in [-0.05, 0) is 40.2 Å². The molecule has 0 fully saturated rings. The number of nitrogens with zero attached hydrogens (tertiary/aromatic N) is 1. The maximum absolute atomic E-state index is 11.6. The zero-order valence-electron chi connectivity index (χ0n) is 9.81. The van der Waals surface area contributed by atoms with Crippen molar-refractivity contribution in [3.05, 3.63) is 45.5 Å². The van der Waals surface area contributed by atoms with Crippen molar-refractivity contribution in [1.29, 1.82) is 0 Å². The highest BCUT2D eigenvalue weighted by atomic mass is 79.9. The molecular formula is C13H6BrClN2O2S. The minimum absolute atomic E-state index is 0.310. The van der Waals surface area contributed by atoms with Gasteiger partial charge >= 0.3 is 0 Å². The molecule has 1 amide bonds. The first-order chi connectivity index (χ1) is 9.56. The summed E-state index contributed by atoms with van der Waals surface area (Å²) in [6.45, 7) is 0. The summed E-state index contributed by atoms with van der Waals surface area (Å²) in [4.78, 5) is 27.9. The van der Waals surface area contributed by atoms with E-state index in [0.29, 0.717) is 16.3 Å². The highest BCUT2D eigenvalue weighted by molar-refractivity contribution is 9.10. The first-order valence-corrected chi connectivity index (χ1v) is 7.52. The molecule has 0 aliphatic carbocycles. The summed E-state index contributed by atoms with van der Waals surface area (Å²) in [5.41, 5.74) is 0.795. The fourth-order valence-electron chi connectivity index (χ4n) is 1.77. The first-order valence-electron chi connectivity index (χ1n) is 5.54. The topological polar surface area (TPSA) is 59.1 Å². The normalized spacial score (nSPS) is 13.3. The summed E-state index contributed by atoms with van der Waals surface area (Å²) < 4.78 is 0.849. The number of halogens is 2. The second kappa shape index (κ2) is 5.20. The molecule has 0 radical (unpaired) electrons. The van der Waals surface area contributed by atoms with Crippen LogP contribution in [-0.4, -0.2) is 16.7 Å². The second-order valence-electron chi connectivity index (χ2n) is 4.00. The summed E-state index contributed by atoms with van der Waals surface area (Å²) in [5.74, 6) is -1.19. The van der Waals surface area contributed by atoms with E-state index < -0.39 is 11.7 Å². The Hall–Kier alpha value is -1.37. The number of nitrogens with one attached hydrogen (secondary N) is 1. The fourth-order valence-corrected chi connectivity index (χ4v) is 3.37. The van der Waals surface area contributed by atoms with Crippen LogP contribution in [0.5, 0.6) is 0 Å². The van der Waals surface area contributed by atoms with Gasteiger partial charge in [-0.3, -0.25) is 9.59 Å². The van der Waals surface area contributed by atoms with Crippen LogP contribution < -0.4 is 5.32 Å². The summed E-state index contributed by atoms with van der Waals surface area (Å²) >= 11 is 10.9. The monoisotopic (exact) mass is 368 g/mol. The molecule has 1 aromatic carbocycles. The standard InChI is InChI=1S/C13H6BrClN2O2S/c14-7-2-1-3-16-13(7)20-10-5-9-6(4-8(10)15)11(18)12(19)17-9/h1-5H,(H,17,18,19). The Morgan fingerprint density at radius 3 is 2.85 bits per heavy atom. The van der Waals surface area contributed by atoms with Crippen LogP contribution in [0, 0.1) is 0 Å². The third-order valence-corrected chi connectivity index (χ3v) is 5.11. The molecular weight excluding hydrogens is 364 g/mol. The van der Waals surface area contributed by atoms with Crippen LogP contribution in [0.4, 0.5) is 5.69 Å². The van der Waals surface area contributed by atoms with E-state index in [0.717, 1.165) is 14.4 Å². The highest BCUT2D eigenvalue weighted by Crippen LogP contribution is 2.39. The quantitative estimate of drug-likeness (QED) is 0.818. The van der Waals surface area contributed by atoms with E-state index >= 15 is 0 Å². The smallest absolute Gasteiger partial charge is 0.296 e. The third-order valence-electron chi connectivity index (χ3n) is 2.70. The van der Waals surface area contributed by atoms with E-state index in [1.807, 2.05) is 12.1 Å². The lowest BCUT2D eigenvalue weighted by atomic mass is 10.1. The molecule has 1 aliphatic heterocycles. The molecule has 0 saturated carbocycles. The number of benzene rings is 1.